The van der Waals surface area contributed by atoms with Gasteiger partial charge in [0.05, 0.1) is 5.56 Å². The van der Waals surface area contributed by atoms with Crippen molar-refractivity contribution < 1.29 is 19.5 Å². The molecule has 2 N–H and O–H groups in total. The maximum absolute atomic E-state index is 9.70. The lowest BCUT2D eigenvalue weighted by Gasteiger charge is -2.26. The molecule has 2 heterocycles. The summed E-state index contributed by atoms with van der Waals surface area (Å²) in [5, 5.41) is 23.8. The van der Waals surface area contributed by atoms with Gasteiger partial charge in [-0.25, -0.2) is 0 Å². The lowest BCUT2D eigenvalue weighted by Crippen LogP contribution is -2.33. The van der Waals surface area contributed by atoms with E-state index in [2.05, 4.69) is 10.1 Å². The van der Waals surface area contributed by atoms with E-state index in [1.807, 2.05) is 36.4 Å². The molecule has 0 radical (unpaired) electrons. The monoisotopic (exact) mass is 456 g/mol. The van der Waals surface area contributed by atoms with Gasteiger partial charge >= 0.3 is 0 Å². The third kappa shape index (κ3) is 4.92. The summed E-state index contributed by atoms with van der Waals surface area (Å²) < 4.78 is 11.8. The summed E-state index contributed by atoms with van der Waals surface area (Å²) in [5.41, 5.74) is 4.12. The van der Waals surface area contributed by atoms with Crippen LogP contribution in [0, 0.1) is 0 Å². The van der Waals surface area contributed by atoms with Gasteiger partial charge in [-0.3, -0.25) is 4.90 Å². The Kier molecular flexibility index (Phi) is 6.49. The molecular weight excluding hydrogens is 428 g/mol. The molecule has 1 fully saturated rings. The third-order valence-corrected chi connectivity index (χ3v) is 6.23. The van der Waals surface area contributed by atoms with Gasteiger partial charge in [-0.15, -0.1) is 0 Å². The van der Waals surface area contributed by atoms with Crippen LogP contribution in [-0.4, -0.2) is 46.5 Å². The summed E-state index contributed by atoms with van der Waals surface area (Å²) in [6.07, 6.45) is 3.89. The number of hydrogen-bond acceptors (Lipinski definition) is 6. The van der Waals surface area contributed by atoms with Gasteiger partial charge in [0.15, 0.2) is 5.76 Å². The Hall–Kier alpha value is -3.77. The van der Waals surface area contributed by atoms with E-state index in [4.69, 9.17) is 9.26 Å². The maximum Gasteiger partial charge on any atom is 0.175 e. The molecule has 0 atom stereocenters. The van der Waals surface area contributed by atoms with E-state index in [-0.39, 0.29) is 11.5 Å². The number of phenols is 2. The molecule has 3 aromatic carbocycles. The van der Waals surface area contributed by atoms with E-state index in [1.54, 1.807) is 36.4 Å². The first kappa shape index (κ1) is 22.0. The highest BCUT2D eigenvalue weighted by Gasteiger charge is 2.21. The number of piperidine rings is 1. The van der Waals surface area contributed by atoms with Crippen molar-refractivity contribution in [2.75, 3.05) is 26.2 Å². The van der Waals surface area contributed by atoms with Crippen molar-refractivity contribution in [3.8, 4) is 51.0 Å². The van der Waals surface area contributed by atoms with E-state index < -0.39 is 0 Å². The van der Waals surface area contributed by atoms with Crippen LogP contribution >= 0.6 is 0 Å². The van der Waals surface area contributed by atoms with Crippen LogP contribution in [0.3, 0.4) is 0 Å². The Morgan fingerprint density at radius 2 is 1.32 bits per heavy atom. The third-order valence-electron chi connectivity index (χ3n) is 6.23. The molecule has 1 aliphatic rings. The fraction of sp³-hybridized carbons (Fsp3) is 0.250. The molecule has 0 unspecified atom stereocenters. The Morgan fingerprint density at radius 1 is 0.735 bits per heavy atom. The van der Waals surface area contributed by atoms with Crippen LogP contribution in [0.25, 0.3) is 33.7 Å². The normalized spacial score (nSPS) is 14.2. The van der Waals surface area contributed by atoms with Crippen LogP contribution in [-0.2, 0) is 0 Å². The Labute approximate surface area is 199 Å². The van der Waals surface area contributed by atoms with Crippen molar-refractivity contribution in [3.63, 3.8) is 0 Å². The number of aromatic nitrogens is 1. The minimum absolute atomic E-state index is 0.189. The molecule has 6 heteroatoms. The molecular formula is C28H28N2O4. The van der Waals surface area contributed by atoms with Crippen LogP contribution in [0.5, 0.6) is 17.2 Å². The van der Waals surface area contributed by atoms with Gasteiger partial charge in [0.25, 0.3) is 0 Å². The molecule has 0 aliphatic carbocycles. The first-order valence-electron chi connectivity index (χ1n) is 11.7. The Morgan fingerprint density at radius 3 is 1.97 bits per heavy atom. The van der Waals surface area contributed by atoms with E-state index in [0.717, 1.165) is 47.6 Å². The van der Waals surface area contributed by atoms with E-state index >= 15 is 0 Å². The number of benzene rings is 3. The summed E-state index contributed by atoms with van der Waals surface area (Å²) in [6.45, 7) is 3.94. The second-order valence-corrected chi connectivity index (χ2v) is 8.60. The Bertz CT molecular complexity index is 1150. The van der Waals surface area contributed by atoms with E-state index in [0.29, 0.717) is 18.1 Å². The number of hydrogen-bond donors (Lipinski definition) is 2. The molecule has 0 spiro atoms. The summed E-state index contributed by atoms with van der Waals surface area (Å²) >= 11 is 0. The topological polar surface area (TPSA) is 79.0 Å². The SMILES string of the molecule is Oc1ccc(-c2noc(-c3ccc(O)cc3)c2-c2ccc(OCCN3CCCCC3)cc2)cc1. The summed E-state index contributed by atoms with van der Waals surface area (Å²) in [5.74, 6) is 1.82. The highest BCUT2D eigenvalue weighted by molar-refractivity contribution is 5.90. The standard InChI is InChI=1S/C28H28N2O4/c31-23-10-4-21(5-11-23)27-26(28(34-29-27)22-6-12-24(32)13-7-22)20-8-14-25(15-9-20)33-19-18-30-16-2-1-3-17-30/h4-15,31-32H,1-3,16-19H2. The fourth-order valence-electron chi connectivity index (χ4n) is 4.38. The van der Waals surface area contributed by atoms with Crippen LogP contribution in [0.15, 0.2) is 77.3 Å². The van der Waals surface area contributed by atoms with Crippen molar-refractivity contribution in [1.29, 1.82) is 0 Å². The summed E-state index contributed by atoms with van der Waals surface area (Å²) in [4.78, 5) is 2.46. The summed E-state index contributed by atoms with van der Waals surface area (Å²) in [7, 11) is 0. The molecule has 5 rings (SSSR count). The van der Waals surface area contributed by atoms with Gasteiger partial charge in [0.2, 0.25) is 0 Å². The molecule has 1 aromatic heterocycles. The van der Waals surface area contributed by atoms with Crippen LogP contribution < -0.4 is 4.74 Å². The predicted molar refractivity (Wildman–Crippen MR) is 132 cm³/mol. The molecule has 0 bridgehead atoms. The smallest absolute Gasteiger partial charge is 0.175 e. The van der Waals surface area contributed by atoms with Crippen LogP contribution in [0.4, 0.5) is 0 Å². The maximum atomic E-state index is 9.70. The highest BCUT2D eigenvalue weighted by Crippen LogP contribution is 2.41. The lowest BCUT2D eigenvalue weighted by atomic mass is 9.96. The minimum atomic E-state index is 0.189. The van der Waals surface area contributed by atoms with E-state index in [1.165, 1.54) is 19.3 Å². The number of ether oxygens (including phenoxy) is 1. The Balaban J connectivity index is 1.42. The largest absolute Gasteiger partial charge is 0.508 e. The van der Waals surface area contributed by atoms with Gasteiger partial charge in [-0.2, -0.15) is 0 Å². The van der Waals surface area contributed by atoms with Crippen LogP contribution in [0.2, 0.25) is 0 Å². The van der Waals surface area contributed by atoms with Crippen molar-refractivity contribution >= 4 is 0 Å². The van der Waals surface area contributed by atoms with Gasteiger partial charge < -0.3 is 19.5 Å². The first-order valence-corrected chi connectivity index (χ1v) is 11.7. The zero-order valence-electron chi connectivity index (χ0n) is 19.0. The molecule has 4 aromatic rings. The second kappa shape index (κ2) is 10.0. The molecule has 174 valence electrons. The number of nitrogens with zero attached hydrogens (tertiary/aromatic N) is 2. The van der Waals surface area contributed by atoms with Gasteiger partial charge in [-0.05, 0) is 92.2 Å². The molecule has 0 saturated carbocycles. The quantitative estimate of drug-likeness (QED) is 0.358. The van der Waals surface area contributed by atoms with Crippen molar-refractivity contribution in [3.05, 3.63) is 72.8 Å². The average molecular weight is 457 g/mol. The zero-order chi connectivity index (χ0) is 23.3. The fourth-order valence-corrected chi connectivity index (χ4v) is 4.38. The van der Waals surface area contributed by atoms with Crippen molar-refractivity contribution in [2.45, 2.75) is 19.3 Å². The van der Waals surface area contributed by atoms with Crippen molar-refractivity contribution in [1.82, 2.24) is 10.1 Å². The number of rotatable bonds is 7. The van der Waals surface area contributed by atoms with Crippen molar-refractivity contribution in [2.24, 2.45) is 0 Å². The molecule has 0 amide bonds. The number of likely N-dealkylation sites (tertiary alicyclic amines) is 1. The average Bonchev–Trinajstić information content (AvgIpc) is 3.31. The molecule has 6 nitrogen and oxygen atoms in total. The number of aromatic hydroxyl groups is 2. The molecule has 1 aliphatic heterocycles. The zero-order valence-corrected chi connectivity index (χ0v) is 19.0. The van der Waals surface area contributed by atoms with Gasteiger partial charge in [0.1, 0.15) is 29.5 Å². The van der Waals surface area contributed by atoms with Gasteiger partial charge in [0, 0.05) is 17.7 Å². The first-order chi connectivity index (χ1) is 16.7. The predicted octanol–water partition coefficient (Wildman–Crippen LogP) is 5.95. The van der Waals surface area contributed by atoms with E-state index in [9.17, 15) is 10.2 Å². The minimum Gasteiger partial charge on any atom is -0.508 e. The van der Waals surface area contributed by atoms with Crippen LogP contribution in [0.1, 0.15) is 19.3 Å². The second-order valence-electron chi connectivity index (χ2n) is 8.60. The lowest BCUT2D eigenvalue weighted by molar-refractivity contribution is 0.183. The molecule has 1 saturated heterocycles. The highest BCUT2D eigenvalue weighted by atomic mass is 16.5. The molecule has 34 heavy (non-hydrogen) atoms. The van der Waals surface area contributed by atoms with Gasteiger partial charge in [-0.1, -0.05) is 23.7 Å². The number of phenolic OH excluding ortho intramolecular Hbond substituents is 2. The summed E-state index contributed by atoms with van der Waals surface area (Å²) in [6, 6.07) is 21.7.